The van der Waals surface area contributed by atoms with Gasteiger partial charge in [0.1, 0.15) is 5.75 Å². The maximum atomic E-state index is 11.9. The van der Waals surface area contributed by atoms with Gasteiger partial charge in [0.25, 0.3) is 0 Å². The SMILES string of the molecule is COc1ccc(Cl)cc1CNC(=O)C1CCC1C(=O)O. The van der Waals surface area contributed by atoms with Crippen molar-refractivity contribution < 1.29 is 19.4 Å². The first-order chi connectivity index (χ1) is 9.52. The lowest BCUT2D eigenvalue weighted by atomic mass is 9.73. The third-order valence-corrected chi connectivity index (χ3v) is 3.86. The highest BCUT2D eigenvalue weighted by Crippen LogP contribution is 2.34. The van der Waals surface area contributed by atoms with E-state index in [9.17, 15) is 9.59 Å². The molecule has 2 unspecified atom stereocenters. The molecule has 5 nitrogen and oxygen atoms in total. The number of benzene rings is 1. The Morgan fingerprint density at radius 1 is 1.40 bits per heavy atom. The molecular weight excluding hydrogens is 282 g/mol. The fourth-order valence-corrected chi connectivity index (χ4v) is 2.50. The molecule has 1 aromatic rings. The van der Waals surface area contributed by atoms with Crippen LogP contribution in [-0.4, -0.2) is 24.1 Å². The summed E-state index contributed by atoms with van der Waals surface area (Å²) in [5, 5.41) is 12.2. The van der Waals surface area contributed by atoms with Crippen LogP contribution in [0.3, 0.4) is 0 Å². The monoisotopic (exact) mass is 297 g/mol. The molecule has 2 rings (SSSR count). The second-order valence-electron chi connectivity index (χ2n) is 4.80. The van der Waals surface area contributed by atoms with E-state index in [2.05, 4.69) is 5.32 Å². The maximum Gasteiger partial charge on any atom is 0.307 e. The minimum Gasteiger partial charge on any atom is -0.496 e. The van der Waals surface area contributed by atoms with Crippen molar-refractivity contribution in [3.05, 3.63) is 28.8 Å². The van der Waals surface area contributed by atoms with Crippen molar-refractivity contribution in [2.75, 3.05) is 7.11 Å². The van der Waals surface area contributed by atoms with Crippen molar-refractivity contribution in [2.24, 2.45) is 11.8 Å². The number of rotatable bonds is 5. The first-order valence-corrected chi connectivity index (χ1v) is 6.73. The van der Waals surface area contributed by atoms with Crippen LogP contribution in [0.4, 0.5) is 0 Å². The van der Waals surface area contributed by atoms with Gasteiger partial charge in [-0.1, -0.05) is 11.6 Å². The normalized spacial score (nSPS) is 20.9. The number of ether oxygens (including phenoxy) is 1. The first-order valence-electron chi connectivity index (χ1n) is 6.36. The van der Waals surface area contributed by atoms with Crippen molar-refractivity contribution in [1.82, 2.24) is 5.32 Å². The molecule has 1 saturated carbocycles. The number of halogens is 1. The Morgan fingerprint density at radius 3 is 2.65 bits per heavy atom. The van der Waals surface area contributed by atoms with E-state index in [0.29, 0.717) is 23.6 Å². The minimum absolute atomic E-state index is 0.231. The molecule has 1 amide bonds. The van der Waals surface area contributed by atoms with Gasteiger partial charge in [-0.05, 0) is 31.0 Å². The third-order valence-electron chi connectivity index (χ3n) is 3.62. The number of carboxylic acid groups (broad SMARTS) is 1. The van der Waals surface area contributed by atoms with Crippen LogP contribution in [0.5, 0.6) is 5.75 Å². The molecule has 6 heteroatoms. The number of carboxylic acids is 1. The number of aliphatic carboxylic acids is 1. The second-order valence-corrected chi connectivity index (χ2v) is 5.24. The molecule has 1 fully saturated rings. The zero-order valence-corrected chi connectivity index (χ0v) is 11.8. The zero-order valence-electron chi connectivity index (χ0n) is 11.1. The van der Waals surface area contributed by atoms with Crippen molar-refractivity contribution in [1.29, 1.82) is 0 Å². The Labute approximate surface area is 121 Å². The Morgan fingerprint density at radius 2 is 2.10 bits per heavy atom. The molecule has 1 aliphatic carbocycles. The lowest BCUT2D eigenvalue weighted by molar-refractivity contribution is -0.152. The Balaban J connectivity index is 1.97. The Hall–Kier alpha value is -1.75. The lowest BCUT2D eigenvalue weighted by Gasteiger charge is -2.31. The van der Waals surface area contributed by atoms with Crippen LogP contribution in [0.15, 0.2) is 18.2 Å². The summed E-state index contributed by atoms with van der Waals surface area (Å²) in [4.78, 5) is 22.8. The molecule has 1 aliphatic rings. The topological polar surface area (TPSA) is 75.6 Å². The molecule has 108 valence electrons. The average Bonchev–Trinajstić information content (AvgIpc) is 2.34. The second kappa shape index (κ2) is 6.13. The van der Waals surface area contributed by atoms with E-state index in [4.69, 9.17) is 21.4 Å². The van der Waals surface area contributed by atoms with Gasteiger partial charge in [-0.25, -0.2) is 0 Å². The fraction of sp³-hybridized carbons (Fsp3) is 0.429. The van der Waals surface area contributed by atoms with Crippen molar-refractivity contribution in [3.8, 4) is 5.75 Å². The third kappa shape index (κ3) is 3.04. The predicted molar refractivity (Wildman–Crippen MR) is 73.7 cm³/mol. The van der Waals surface area contributed by atoms with Crippen LogP contribution in [0.2, 0.25) is 5.02 Å². The van der Waals surface area contributed by atoms with Crippen LogP contribution in [0.25, 0.3) is 0 Å². The Bertz CT molecular complexity index is 532. The van der Waals surface area contributed by atoms with E-state index in [1.807, 2.05) is 0 Å². The summed E-state index contributed by atoms with van der Waals surface area (Å²) < 4.78 is 5.19. The highest BCUT2D eigenvalue weighted by atomic mass is 35.5. The van der Waals surface area contributed by atoms with Crippen molar-refractivity contribution >= 4 is 23.5 Å². The van der Waals surface area contributed by atoms with E-state index in [1.165, 1.54) is 0 Å². The molecule has 0 spiro atoms. The summed E-state index contributed by atoms with van der Waals surface area (Å²) in [6.45, 7) is 0.269. The van der Waals surface area contributed by atoms with Gasteiger partial charge in [0, 0.05) is 17.1 Å². The number of hydrogen-bond acceptors (Lipinski definition) is 3. The average molecular weight is 298 g/mol. The van der Waals surface area contributed by atoms with Gasteiger partial charge in [0.2, 0.25) is 5.91 Å². The van der Waals surface area contributed by atoms with Crippen molar-refractivity contribution in [2.45, 2.75) is 19.4 Å². The van der Waals surface area contributed by atoms with Crippen LogP contribution < -0.4 is 10.1 Å². The molecule has 0 aliphatic heterocycles. The smallest absolute Gasteiger partial charge is 0.307 e. The van der Waals surface area contributed by atoms with Gasteiger partial charge < -0.3 is 15.2 Å². The number of amides is 1. The summed E-state index contributed by atoms with van der Waals surface area (Å²) >= 11 is 5.91. The van der Waals surface area contributed by atoms with Gasteiger partial charge in [-0.15, -0.1) is 0 Å². The highest BCUT2D eigenvalue weighted by Gasteiger charge is 2.41. The number of nitrogens with one attached hydrogen (secondary N) is 1. The van der Waals surface area contributed by atoms with E-state index in [-0.39, 0.29) is 12.5 Å². The molecule has 2 atom stereocenters. The molecule has 1 aromatic carbocycles. The summed E-state index contributed by atoms with van der Waals surface area (Å²) in [5.41, 5.74) is 0.763. The summed E-state index contributed by atoms with van der Waals surface area (Å²) in [6, 6.07) is 5.15. The van der Waals surface area contributed by atoms with Gasteiger partial charge in [-0.2, -0.15) is 0 Å². The van der Waals surface area contributed by atoms with E-state index < -0.39 is 17.8 Å². The van der Waals surface area contributed by atoms with Gasteiger partial charge in [0.05, 0.1) is 18.9 Å². The summed E-state index contributed by atoms with van der Waals surface area (Å²) in [5.74, 6) is -1.49. The predicted octanol–water partition coefficient (Wildman–Crippen LogP) is 2.08. The molecule has 0 saturated heterocycles. The largest absolute Gasteiger partial charge is 0.496 e. The van der Waals surface area contributed by atoms with Crippen LogP contribution in [0.1, 0.15) is 18.4 Å². The zero-order chi connectivity index (χ0) is 14.7. The minimum atomic E-state index is -0.906. The first kappa shape index (κ1) is 14.7. The van der Waals surface area contributed by atoms with E-state index in [1.54, 1.807) is 25.3 Å². The van der Waals surface area contributed by atoms with Crippen LogP contribution in [-0.2, 0) is 16.1 Å². The van der Waals surface area contributed by atoms with E-state index in [0.717, 1.165) is 5.56 Å². The van der Waals surface area contributed by atoms with Gasteiger partial charge in [0.15, 0.2) is 0 Å². The standard InChI is InChI=1S/C14H16ClNO4/c1-20-12-5-2-9(15)6-8(12)7-16-13(17)10-3-4-11(10)14(18)19/h2,5-6,10-11H,3-4,7H2,1H3,(H,16,17)(H,18,19). The van der Waals surface area contributed by atoms with E-state index >= 15 is 0 Å². The van der Waals surface area contributed by atoms with Crippen LogP contribution >= 0.6 is 11.6 Å². The van der Waals surface area contributed by atoms with Crippen LogP contribution in [0, 0.1) is 11.8 Å². The molecule has 0 heterocycles. The Kier molecular flexibility index (Phi) is 4.49. The molecule has 0 aromatic heterocycles. The highest BCUT2D eigenvalue weighted by molar-refractivity contribution is 6.30. The number of carbonyl (C=O) groups excluding carboxylic acids is 1. The number of carbonyl (C=O) groups is 2. The maximum absolute atomic E-state index is 11.9. The molecule has 0 bridgehead atoms. The molecular formula is C14H16ClNO4. The summed E-state index contributed by atoms with van der Waals surface area (Å²) in [6.07, 6.45) is 1.18. The fourth-order valence-electron chi connectivity index (χ4n) is 2.31. The number of methoxy groups -OCH3 is 1. The molecule has 20 heavy (non-hydrogen) atoms. The molecule has 2 N–H and O–H groups in total. The van der Waals surface area contributed by atoms with Crippen molar-refractivity contribution in [3.63, 3.8) is 0 Å². The summed E-state index contributed by atoms with van der Waals surface area (Å²) in [7, 11) is 1.54. The number of hydrogen-bond donors (Lipinski definition) is 2. The van der Waals surface area contributed by atoms with Gasteiger partial charge in [-0.3, -0.25) is 9.59 Å². The van der Waals surface area contributed by atoms with Gasteiger partial charge >= 0.3 is 5.97 Å². The quantitative estimate of drug-likeness (QED) is 0.872. The lowest BCUT2D eigenvalue weighted by Crippen LogP contribution is -2.43. The molecule has 0 radical (unpaired) electrons.